The molecule has 0 radical (unpaired) electrons. The van der Waals surface area contributed by atoms with Crippen molar-refractivity contribution in [2.45, 2.75) is 55.0 Å². The molecule has 0 saturated carbocycles. The molecule has 22 heteroatoms. The quantitative estimate of drug-likeness (QED) is 0.0214. The van der Waals surface area contributed by atoms with Gasteiger partial charge >= 0.3 is 11.9 Å². The maximum atomic E-state index is 12.5. The minimum Gasteiger partial charge on any atom is -0.462 e. The van der Waals surface area contributed by atoms with E-state index in [1.165, 1.54) is 25.5 Å². The number of carbonyl (C=O) groups excluding carboxylic acids is 4. The smallest absolute Gasteiger partial charge is 0.347 e. The molecule has 6 heterocycles. The van der Waals surface area contributed by atoms with Gasteiger partial charge in [0.1, 0.15) is 28.5 Å². The van der Waals surface area contributed by atoms with Gasteiger partial charge in [-0.3, -0.25) is 19.2 Å². The van der Waals surface area contributed by atoms with Gasteiger partial charge in [-0.2, -0.15) is 0 Å². The van der Waals surface area contributed by atoms with Gasteiger partial charge in [0.2, 0.25) is 10.9 Å². The number of aryl methyl sites for hydroxylation is 4. The number of esters is 2. The summed E-state index contributed by atoms with van der Waals surface area (Å²) < 4.78 is 13.6. The fourth-order valence-corrected chi connectivity index (χ4v) is 7.28. The fourth-order valence-electron chi connectivity index (χ4n) is 5.69. The molecule has 366 valence electrons. The largest absolute Gasteiger partial charge is 0.462 e. The number of nitrogens with zero attached hydrogens (tertiary/aromatic N) is 4. The van der Waals surface area contributed by atoms with E-state index in [0.29, 0.717) is 45.3 Å². The van der Waals surface area contributed by atoms with Crippen molar-refractivity contribution in [3.63, 3.8) is 0 Å². The predicted molar refractivity (Wildman–Crippen MR) is 305 cm³/mol. The second-order valence-electron chi connectivity index (χ2n) is 14.5. The summed E-state index contributed by atoms with van der Waals surface area (Å²) in [6.07, 6.45) is 4.08. The number of hydrogen-bond acceptors (Lipinski definition) is 14. The van der Waals surface area contributed by atoms with Crippen LogP contribution in [0, 0.1) is 42.0 Å². The van der Waals surface area contributed by atoms with Crippen molar-refractivity contribution in [3.8, 4) is 0 Å². The molecule has 0 spiro atoms. The molecule has 0 aliphatic rings. The van der Waals surface area contributed by atoms with Crippen molar-refractivity contribution in [1.29, 1.82) is 0 Å². The van der Waals surface area contributed by atoms with E-state index in [-0.39, 0.29) is 46.6 Å². The Morgan fingerprint density at radius 3 is 1.61 bits per heavy atom. The van der Waals surface area contributed by atoms with Gasteiger partial charge in [-0.15, -0.1) is 0 Å². The first kappa shape index (κ1) is 57.4. The number of pyridine rings is 6. The summed E-state index contributed by atoms with van der Waals surface area (Å²) in [6.45, 7) is 12.9. The van der Waals surface area contributed by atoms with Crippen LogP contribution < -0.4 is 27.2 Å². The molecule has 6 aromatic heterocycles. The highest BCUT2D eigenvalue weighted by atomic mass is 127. The first-order valence-electron chi connectivity index (χ1n) is 20.9. The Hall–Kier alpha value is -5.13. The standard InChI is InChI=1S/C17H13ClIN3O2.C14H17IN2O4.C11H9IN2O2.C6H7IN2/c1-9-14(19)6-12-15(23)13(8-20-16(12)22-9)17(24)21-7-10-2-4-11(18)5-3-10;1-4-20-13(18)10(14(19)21-5-2)8-16-12-7-6-11(15)9(3)17-12;1-5-9(12)3-7-10(16)8(6(2)15)4-13-11(7)14-5;1-4-5(7)2-3-6(8)9-4/h2-6,8H,7H2,1H3,(H,21,24)(H,20,22,23);6-8H,4-5H2,1-3H3,(H,16,17);3-4H,1-2H3,(H,13,14,16);2-3H,1H3,(H2,8,9). The van der Waals surface area contributed by atoms with E-state index >= 15 is 0 Å². The maximum absolute atomic E-state index is 12.5. The third-order valence-corrected chi connectivity index (χ3v) is 14.1. The zero-order valence-electron chi connectivity index (χ0n) is 38.6. The Bertz CT molecular complexity index is 3200. The van der Waals surface area contributed by atoms with Gasteiger partial charge in [0.25, 0.3) is 5.91 Å². The zero-order chi connectivity index (χ0) is 51.8. The molecule has 0 atom stereocenters. The molecule has 17 nitrogen and oxygen atoms in total. The second kappa shape index (κ2) is 27.5. The van der Waals surface area contributed by atoms with Gasteiger partial charge in [0.15, 0.2) is 11.4 Å². The van der Waals surface area contributed by atoms with E-state index in [1.54, 1.807) is 50.2 Å². The van der Waals surface area contributed by atoms with Crippen LogP contribution in [-0.4, -0.2) is 66.7 Å². The van der Waals surface area contributed by atoms with Crippen LogP contribution in [0.3, 0.4) is 0 Å². The van der Waals surface area contributed by atoms with E-state index in [1.807, 2.05) is 52.0 Å². The van der Waals surface area contributed by atoms with E-state index < -0.39 is 17.8 Å². The Morgan fingerprint density at radius 2 is 1.14 bits per heavy atom. The summed E-state index contributed by atoms with van der Waals surface area (Å²) in [5.41, 5.74) is 10.3. The summed E-state index contributed by atoms with van der Waals surface area (Å²) in [7, 11) is 0. The zero-order valence-corrected chi connectivity index (χ0v) is 48.0. The topological polar surface area (TPSA) is 254 Å². The van der Waals surface area contributed by atoms with E-state index in [2.05, 4.69) is 131 Å². The fraction of sp³-hybridized carbons (Fsp3) is 0.208. The average molecular weight is 1420 g/mol. The van der Waals surface area contributed by atoms with Crippen LogP contribution in [-0.2, 0) is 25.6 Å². The lowest BCUT2D eigenvalue weighted by Crippen LogP contribution is -2.28. The van der Waals surface area contributed by atoms with Crippen LogP contribution in [0.15, 0.2) is 94.4 Å². The summed E-state index contributed by atoms with van der Waals surface area (Å²) >= 11 is 14.5. The Balaban J connectivity index is 0.000000213. The Morgan fingerprint density at radius 1 is 0.671 bits per heavy atom. The van der Waals surface area contributed by atoms with Gasteiger partial charge in [-0.25, -0.2) is 29.5 Å². The molecule has 0 aliphatic heterocycles. The number of fused-ring (bicyclic) bond motifs is 2. The molecular formula is C48H46ClI4N9O8. The third kappa shape index (κ3) is 16.5. The first-order chi connectivity index (χ1) is 33.1. The van der Waals surface area contributed by atoms with Crippen molar-refractivity contribution in [1.82, 2.24) is 35.2 Å². The monoisotopic (exact) mass is 1420 g/mol. The van der Waals surface area contributed by atoms with Crippen LogP contribution >= 0.6 is 102 Å². The number of benzene rings is 1. The van der Waals surface area contributed by atoms with E-state index in [9.17, 15) is 28.8 Å². The molecule has 0 aliphatic carbocycles. The molecule has 70 heavy (non-hydrogen) atoms. The van der Waals surface area contributed by atoms with Crippen molar-refractivity contribution in [3.05, 3.63) is 164 Å². The van der Waals surface area contributed by atoms with Gasteiger partial charge in [0.05, 0.1) is 52.3 Å². The second-order valence-corrected chi connectivity index (χ2v) is 19.6. The number of nitrogens with two attached hydrogens (primary N) is 1. The van der Waals surface area contributed by atoms with Crippen molar-refractivity contribution in [2.24, 2.45) is 0 Å². The van der Waals surface area contributed by atoms with Crippen LogP contribution in [0.2, 0.25) is 5.02 Å². The number of rotatable bonds is 10. The van der Waals surface area contributed by atoms with E-state index in [0.717, 1.165) is 42.6 Å². The third-order valence-electron chi connectivity index (χ3n) is 9.40. The number of H-pyrrole nitrogens is 2. The number of aromatic amines is 2. The number of ketones is 1. The highest BCUT2D eigenvalue weighted by Gasteiger charge is 2.21. The predicted octanol–water partition coefficient (Wildman–Crippen LogP) is 9.45. The van der Waals surface area contributed by atoms with Crippen LogP contribution in [0.4, 0.5) is 11.6 Å². The Kier molecular flexibility index (Phi) is 22.5. The molecule has 0 fully saturated rings. The molecular weight excluding hydrogens is 1370 g/mol. The van der Waals surface area contributed by atoms with Crippen molar-refractivity contribution < 1.29 is 28.7 Å². The molecule has 0 unspecified atom stereocenters. The molecule has 1 amide bonds. The molecule has 0 bridgehead atoms. The summed E-state index contributed by atoms with van der Waals surface area (Å²) in [6, 6.07) is 18.0. The maximum Gasteiger partial charge on any atom is 0.347 e. The van der Waals surface area contributed by atoms with Crippen LogP contribution in [0.5, 0.6) is 0 Å². The normalized spacial score (nSPS) is 10.3. The van der Waals surface area contributed by atoms with Gasteiger partial charge in [0, 0.05) is 44.4 Å². The highest BCUT2D eigenvalue weighted by Crippen LogP contribution is 2.17. The van der Waals surface area contributed by atoms with Gasteiger partial charge in [-0.05, 0) is 193 Å². The number of halogens is 5. The number of carbonyl (C=O) groups is 4. The van der Waals surface area contributed by atoms with Crippen LogP contribution in [0.25, 0.3) is 22.1 Å². The Labute approximate surface area is 461 Å². The first-order valence-corrected chi connectivity index (χ1v) is 25.6. The number of nitrogens with one attached hydrogen (secondary N) is 4. The van der Waals surface area contributed by atoms with Gasteiger partial charge < -0.3 is 35.8 Å². The SMILES string of the molecule is CC(=O)c1c[nH]c2nc(C)c(I)cc2c1=O.CCOC(=O)C(=CNc1ccc(I)c(C)n1)C(=O)OCC.Cc1nc(N)ccc1I.Cc1nc2[nH]cc(C(=O)NCc3ccc(Cl)cc3)c(=O)c2cc1I. The summed E-state index contributed by atoms with van der Waals surface area (Å²) in [4.78, 5) is 94.3. The molecule has 1 aromatic carbocycles. The summed E-state index contributed by atoms with van der Waals surface area (Å²) in [5, 5.41) is 7.06. The van der Waals surface area contributed by atoms with E-state index in [4.69, 9.17) is 26.8 Å². The number of amides is 1. The number of anilines is 2. The lowest BCUT2D eigenvalue weighted by molar-refractivity contribution is -0.146. The van der Waals surface area contributed by atoms with Crippen molar-refractivity contribution >= 4 is 159 Å². The minimum atomic E-state index is -0.731. The van der Waals surface area contributed by atoms with Crippen LogP contribution in [0.1, 0.15) is 69.8 Å². The molecule has 0 saturated heterocycles. The van der Waals surface area contributed by atoms with Crippen molar-refractivity contribution in [2.75, 3.05) is 24.3 Å². The minimum absolute atomic E-state index is 0.0675. The average Bonchev–Trinajstić information content (AvgIpc) is 3.31. The summed E-state index contributed by atoms with van der Waals surface area (Å²) in [5.74, 6) is -1.01. The molecule has 7 aromatic rings. The van der Waals surface area contributed by atoms with Gasteiger partial charge in [-0.1, -0.05) is 23.7 Å². The lowest BCUT2D eigenvalue weighted by atomic mass is 10.1. The number of ether oxygens (including phenoxy) is 2. The molecule has 7 rings (SSSR count). The number of Topliss-reactive ketones (excluding diaryl/α,β-unsaturated/α-hetero) is 1. The lowest BCUT2D eigenvalue weighted by Gasteiger charge is -2.08. The molecule has 6 N–H and O–H groups in total. The number of aromatic nitrogens is 6. The number of hydrogen-bond donors (Lipinski definition) is 5. The number of nitrogen functional groups attached to an aromatic ring is 1. The highest BCUT2D eigenvalue weighted by molar-refractivity contribution is 14.1.